The Morgan fingerprint density at radius 2 is 1.96 bits per heavy atom. The highest BCUT2D eigenvalue weighted by Crippen LogP contribution is 2.21. The summed E-state index contributed by atoms with van der Waals surface area (Å²) in [5, 5.41) is 10.2. The van der Waals surface area contributed by atoms with Gasteiger partial charge in [-0.2, -0.15) is 0 Å². The van der Waals surface area contributed by atoms with Crippen molar-refractivity contribution in [2.24, 2.45) is 4.99 Å². The summed E-state index contributed by atoms with van der Waals surface area (Å²) in [4.78, 5) is 16.2. The maximum absolute atomic E-state index is 11.7. The Kier molecular flexibility index (Phi) is 7.63. The largest absolute Gasteiger partial charge is 0.459 e. The number of guanidine groups is 1. The number of nitrogens with one attached hydrogen (secondary N) is 3. The van der Waals surface area contributed by atoms with Gasteiger partial charge < -0.3 is 20.4 Å². The number of halogens is 2. The molecule has 0 saturated heterocycles. The van der Waals surface area contributed by atoms with Crippen molar-refractivity contribution in [3.05, 3.63) is 58.0 Å². The van der Waals surface area contributed by atoms with E-state index in [0.29, 0.717) is 35.6 Å². The van der Waals surface area contributed by atoms with Gasteiger partial charge >= 0.3 is 0 Å². The molecular formula is C17H20Cl2N4O2. The highest BCUT2D eigenvalue weighted by molar-refractivity contribution is 6.35. The average Bonchev–Trinajstić information content (AvgIpc) is 3.12. The molecule has 0 fully saturated rings. The quantitative estimate of drug-likeness (QED) is 0.390. The van der Waals surface area contributed by atoms with Gasteiger partial charge in [-0.1, -0.05) is 29.3 Å². The molecule has 1 aromatic heterocycles. The lowest BCUT2D eigenvalue weighted by Crippen LogP contribution is -2.41. The highest BCUT2D eigenvalue weighted by atomic mass is 35.5. The van der Waals surface area contributed by atoms with Gasteiger partial charge in [0.2, 0.25) is 0 Å². The number of furan rings is 1. The van der Waals surface area contributed by atoms with Crippen molar-refractivity contribution in [3.63, 3.8) is 0 Å². The second-order valence-electron chi connectivity index (χ2n) is 5.09. The standard InChI is InChI=1S/C17H20Cl2N4O2/c1-2-20-17(23-11-12-5-6-13(18)10-14(12)19)22-8-7-21-16(24)15-4-3-9-25-15/h3-6,9-10H,2,7-8,11H2,1H3,(H,21,24)(H2,20,22,23). The minimum Gasteiger partial charge on any atom is -0.459 e. The van der Waals surface area contributed by atoms with E-state index in [1.165, 1.54) is 6.26 Å². The van der Waals surface area contributed by atoms with Gasteiger partial charge in [-0.15, -0.1) is 0 Å². The zero-order chi connectivity index (χ0) is 18.1. The molecule has 0 aliphatic heterocycles. The van der Waals surface area contributed by atoms with Crippen LogP contribution in [0.2, 0.25) is 10.0 Å². The fraction of sp³-hybridized carbons (Fsp3) is 0.294. The molecule has 0 aliphatic rings. The first-order chi connectivity index (χ1) is 12.1. The number of benzene rings is 1. The van der Waals surface area contributed by atoms with Crippen LogP contribution in [0.15, 0.2) is 46.0 Å². The fourth-order valence-electron chi connectivity index (χ4n) is 2.01. The molecule has 0 atom stereocenters. The predicted octanol–water partition coefficient (Wildman–Crippen LogP) is 3.07. The van der Waals surface area contributed by atoms with Crippen LogP contribution < -0.4 is 16.0 Å². The summed E-state index contributed by atoms with van der Waals surface area (Å²) in [6.45, 7) is 4.08. The molecule has 0 aliphatic carbocycles. The molecule has 3 N–H and O–H groups in total. The number of hydrogen-bond acceptors (Lipinski definition) is 3. The number of aliphatic imine (C=N–C) groups is 1. The lowest BCUT2D eigenvalue weighted by atomic mass is 10.2. The number of amides is 1. The van der Waals surface area contributed by atoms with E-state index in [9.17, 15) is 4.79 Å². The number of carbonyl (C=O) groups excluding carboxylic acids is 1. The highest BCUT2D eigenvalue weighted by Gasteiger charge is 2.07. The molecule has 0 radical (unpaired) electrons. The maximum Gasteiger partial charge on any atom is 0.287 e. The molecule has 8 heteroatoms. The third kappa shape index (κ3) is 6.32. The number of carbonyl (C=O) groups is 1. The van der Waals surface area contributed by atoms with Crippen molar-refractivity contribution in [2.75, 3.05) is 19.6 Å². The van der Waals surface area contributed by atoms with E-state index in [-0.39, 0.29) is 11.7 Å². The Balaban J connectivity index is 1.82. The van der Waals surface area contributed by atoms with Crippen LogP contribution >= 0.6 is 23.2 Å². The summed E-state index contributed by atoms with van der Waals surface area (Å²) in [6, 6.07) is 8.61. The molecule has 2 aromatic rings. The maximum atomic E-state index is 11.7. The molecule has 0 saturated carbocycles. The van der Waals surface area contributed by atoms with Crippen molar-refractivity contribution >= 4 is 35.1 Å². The second-order valence-corrected chi connectivity index (χ2v) is 5.93. The molecule has 2 rings (SSSR count). The minimum absolute atomic E-state index is 0.248. The van der Waals surface area contributed by atoms with Crippen LogP contribution in [0.4, 0.5) is 0 Å². The zero-order valence-corrected chi connectivity index (χ0v) is 15.3. The van der Waals surface area contributed by atoms with Gasteiger partial charge in [0, 0.05) is 29.7 Å². The summed E-state index contributed by atoms with van der Waals surface area (Å²) in [7, 11) is 0. The van der Waals surface area contributed by atoms with Crippen LogP contribution in [0.5, 0.6) is 0 Å². The molecule has 25 heavy (non-hydrogen) atoms. The molecule has 6 nitrogen and oxygen atoms in total. The Morgan fingerprint density at radius 3 is 2.64 bits per heavy atom. The lowest BCUT2D eigenvalue weighted by Gasteiger charge is -2.12. The summed E-state index contributed by atoms with van der Waals surface area (Å²) in [5.41, 5.74) is 0.884. The third-order valence-electron chi connectivity index (χ3n) is 3.21. The van der Waals surface area contributed by atoms with Crippen LogP contribution in [-0.4, -0.2) is 31.5 Å². The van der Waals surface area contributed by atoms with E-state index in [1.807, 2.05) is 13.0 Å². The summed E-state index contributed by atoms with van der Waals surface area (Å²) in [6.07, 6.45) is 1.46. The Morgan fingerprint density at radius 1 is 1.16 bits per heavy atom. The minimum atomic E-state index is -0.248. The first kappa shape index (κ1) is 19.1. The monoisotopic (exact) mass is 382 g/mol. The second kappa shape index (κ2) is 9.96. The van der Waals surface area contributed by atoms with Crippen LogP contribution in [0.25, 0.3) is 0 Å². The Bertz CT molecular complexity index is 717. The summed E-state index contributed by atoms with van der Waals surface area (Å²) < 4.78 is 5.03. The van der Waals surface area contributed by atoms with Crippen LogP contribution in [0.1, 0.15) is 23.0 Å². The average molecular weight is 383 g/mol. The van der Waals surface area contributed by atoms with Gasteiger partial charge in [0.15, 0.2) is 11.7 Å². The SMILES string of the molecule is CCNC(=NCc1ccc(Cl)cc1Cl)NCCNC(=O)c1ccco1. The van der Waals surface area contributed by atoms with Crippen molar-refractivity contribution < 1.29 is 9.21 Å². The lowest BCUT2D eigenvalue weighted by molar-refractivity contribution is 0.0926. The van der Waals surface area contributed by atoms with Gasteiger partial charge in [-0.25, -0.2) is 4.99 Å². The van der Waals surface area contributed by atoms with E-state index in [1.54, 1.807) is 24.3 Å². The fourth-order valence-corrected chi connectivity index (χ4v) is 2.48. The first-order valence-electron chi connectivity index (χ1n) is 7.88. The van der Waals surface area contributed by atoms with Crippen LogP contribution in [0, 0.1) is 0 Å². The Hall–Kier alpha value is -2.18. The predicted molar refractivity (Wildman–Crippen MR) is 100 cm³/mol. The van der Waals surface area contributed by atoms with E-state index in [2.05, 4.69) is 20.9 Å². The van der Waals surface area contributed by atoms with E-state index in [4.69, 9.17) is 27.6 Å². The Labute approximate surface area is 156 Å². The summed E-state index contributed by atoms with van der Waals surface area (Å²) >= 11 is 12.0. The van der Waals surface area contributed by atoms with Crippen LogP contribution in [-0.2, 0) is 6.54 Å². The van der Waals surface area contributed by atoms with Gasteiger partial charge in [0.1, 0.15) is 0 Å². The third-order valence-corrected chi connectivity index (χ3v) is 3.80. The molecular weight excluding hydrogens is 363 g/mol. The molecule has 0 spiro atoms. The van der Waals surface area contributed by atoms with Gasteiger partial charge in [-0.3, -0.25) is 4.79 Å². The van der Waals surface area contributed by atoms with E-state index < -0.39 is 0 Å². The molecule has 1 heterocycles. The molecule has 0 unspecified atom stereocenters. The zero-order valence-electron chi connectivity index (χ0n) is 13.8. The number of nitrogens with zero attached hydrogens (tertiary/aromatic N) is 1. The van der Waals surface area contributed by atoms with Crippen molar-refractivity contribution in [1.82, 2.24) is 16.0 Å². The van der Waals surface area contributed by atoms with Crippen molar-refractivity contribution in [1.29, 1.82) is 0 Å². The van der Waals surface area contributed by atoms with Gasteiger partial charge in [0.25, 0.3) is 5.91 Å². The van der Waals surface area contributed by atoms with Crippen molar-refractivity contribution in [3.8, 4) is 0 Å². The topological polar surface area (TPSA) is 78.7 Å². The normalized spacial score (nSPS) is 11.2. The van der Waals surface area contributed by atoms with Crippen LogP contribution in [0.3, 0.4) is 0 Å². The van der Waals surface area contributed by atoms with Gasteiger partial charge in [-0.05, 0) is 36.8 Å². The molecule has 1 amide bonds. The van der Waals surface area contributed by atoms with E-state index in [0.717, 1.165) is 12.1 Å². The molecule has 1 aromatic carbocycles. The molecule has 134 valence electrons. The summed E-state index contributed by atoms with van der Waals surface area (Å²) in [5.74, 6) is 0.681. The number of hydrogen-bond donors (Lipinski definition) is 3. The van der Waals surface area contributed by atoms with Crippen molar-refractivity contribution in [2.45, 2.75) is 13.5 Å². The number of rotatable bonds is 7. The smallest absolute Gasteiger partial charge is 0.287 e. The van der Waals surface area contributed by atoms with E-state index >= 15 is 0 Å². The molecule has 0 bridgehead atoms. The first-order valence-corrected chi connectivity index (χ1v) is 8.63. The van der Waals surface area contributed by atoms with Gasteiger partial charge in [0.05, 0.1) is 12.8 Å².